The van der Waals surface area contributed by atoms with Gasteiger partial charge in [-0.1, -0.05) is 30.5 Å². The molecule has 1 unspecified atom stereocenters. The molecule has 24 heavy (non-hydrogen) atoms. The zero-order chi connectivity index (χ0) is 16.4. The Balaban J connectivity index is 1.37. The second kappa shape index (κ2) is 6.51. The van der Waals surface area contributed by atoms with Gasteiger partial charge in [-0.2, -0.15) is 0 Å². The van der Waals surface area contributed by atoms with Crippen LogP contribution < -0.4 is 5.56 Å². The third-order valence-corrected chi connectivity index (χ3v) is 5.41. The van der Waals surface area contributed by atoms with Gasteiger partial charge in [0, 0.05) is 12.3 Å². The summed E-state index contributed by atoms with van der Waals surface area (Å²) >= 11 is 0. The first-order valence-electron chi connectivity index (χ1n) is 8.89. The van der Waals surface area contributed by atoms with Gasteiger partial charge >= 0.3 is 0 Å². The van der Waals surface area contributed by atoms with Crippen molar-refractivity contribution >= 4 is 0 Å². The monoisotopic (exact) mass is 328 g/mol. The van der Waals surface area contributed by atoms with Gasteiger partial charge in [0.1, 0.15) is 5.69 Å². The highest BCUT2D eigenvalue weighted by atomic mass is 16.5. The van der Waals surface area contributed by atoms with Crippen LogP contribution in [0.4, 0.5) is 0 Å². The smallest absolute Gasteiger partial charge is 0.250 e. The molecular formula is C18H24N4O2. The van der Waals surface area contributed by atoms with Crippen molar-refractivity contribution in [2.45, 2.75) is 57.7 Å². The Kier molecular flexibility index (Phi) is 4.22. The summed E-state index contributed by atoms with van der Waals surface area (Å²) < 4.78 is 9.55. The van der Waals surface area contributed by atoms with Gasteiger partial charge in [0.15, 0.2) is 0 Å². The van der Waals surface area contributed by atoms with E-state index in [9.17, 15) is 4.79 Å². The number of aromatic nitrogens is 4. The zero-order valence-corrected chi connectivity index (χ0v) is 13.9. The Morgan fingerprint density at radius 2 is 2.12 bits per heavy atom. The van der Waals surface area contributed by atoms with Crippen LogP contribution in [0.2, 0.25) is 0 Å². The van der Waals surface area contributed by atoms with Crippen LogP contribution in [-0.2, 0) is 17.8 Å². The first-order chi connectivity index (χ1) is 11.7. The molecule has 128 valence electrons. The van der Waals surface area contributed by atoms with Crippen LogP contribution >= 0.6 is 0 Å². The number of nitrogens with zero attached hydrogens (tertiary/aromatic N) is 4. The molecule has 4 rings (SSSR count). The molecule has 1 spiro atoms. The van der Waals surface area contributed by atoms with E-state index in [2.05, 4.69) is 10.3 Å². The molecule has 0 amide bonds. The number of pyridine rings is 1. The van der Waals surface area contributed by atoms with Crippen molar-refractivity contribution in [3.05, 3.63) is 46.6 Å². The molecule has 2 fully saturated rings. The van der Waals surface area contributed by atoms with Gasteiger partial charge < -0.3 is 9.30 Å². The molecule has 6 heteroatoms. The SMILES string of the molecule is O=c1ccccn1Cc1cn(CC2CC3(CCCCC3)CO2)nn1. The van der Waals surface area contributed by atoms with Gasteiger partial charge in [-0.15, -0.1) is 5.10 Å². The van der Waals surface area contributed by atoms with Gasteiger partial charge in [-0.25, -0.2) is 4.68 Å². The Morgan fingerprint density at radius 1 is 1.25 bits per heavy atom. The molecule has 2 aliphatic rings. The Morgan fingerprint density at radius 3 is 2.96 bits per heavy atom. The lowest BCUT2D eigenvalue weighted by Crippen LogP contribution is -2.25. The lowest BCUT2D eigenvalue weighted by Gasteiger charge is -2.31. The van der Waals surface area contributed by atoms with Crippen molar-refractivity contribution in [3.8, 4) is 0 Å². The largest absolute Gasteiger partial charge is 0.376 e. The van der Waals surface area contributed by atoms with Crippen LogP contribution in [0.15, 0.2) is 35.4 Å². The molecule has 0 bridgehead atoms. The summed E-state index contributed by atoms with van der Waals surface area (Å²) in [6, 6.07) is 5.15. The molecule has 0 aromatic carbocycles. The van der Waals surface area contributed by atoms with Crippen molar-refractivity contribution in [2.24, 2.45) is 5.41 Å². The highest BCUT2D eigenvalue weighted by Gasteiger charge is 2.40. The maximum absolute atomic E-state index is 11.8. The molecule has 1 atom stereocenters. The highest BCUT2D eigenvalue weighted by molar-refractivity contribution is 4.99. The van der Waals surface area contributed by atoms with Gasteiger partial charge in [0.2, 0.25) is 0 Å². The summed E-state index contributed by atoms with van der Waals surface area (Å²) in [5.41, 5.74) is 1.20. The molecule has 2 aromatic rings. The van der Waals surface area contributed by atoms with Gasteiger partial charge in [0.25, 0.3) is 5.56 Å². The first-order valence-corrected chi connectivity index (χ1v) is 8.89. The van der Waals surface area contributed by atoms with Gasteiger partial charge in [-0.3, -0.25) is 4.79 Å². The minimum Gasteiger partial charge on any atom is -0.376 e. The van der Waals surface area contributed by atoms with Gasteiger partial charge in [0.05, 0.1) is 32.0 Å². The zero-order valence-electron chi connectivity index (χ0n) is 13.9. The molecule has 0 radical (unpaired) electrons. The predicted octanol–water partition coefficient (Wildman–Crippen LogP) is 2.23. The molecule has 1 saturated heterocycles. The molecular weight excluding hydrogens is 304 g/mol. The fourth-order valence-corrected chi connectivity index (χ4v) is 4.14. The van der Waals surface area contributed by atoms with E-state index in [0.29, 0.717) is 12.0 Å². The third-order valence-electron chi connectivity index (χ3n) is 5.41. The van der Waals surface area contributed by atoms with Crippen molar-refractivity contribution in [1.82, 2.24) is 19.6 Å². The van der Waals surface area contributed by atoms with Crippen molar-refractivity contribution in [3.63, 3.8) is 0 Å². The maximum Gasteiger partial charge on any atom is 0.250 e. The van der Waals surface area contributed by atoms with Crippen molar-refractivity contribution in [2.75, 3.05) is 6.61 Å². The van der Waals surface area contributed by atoms with Crippen LogP contribution in [0, 0.1) is 5.41 Å². The van der Waals surface area contributed by atoms with Crippen LogP contribution in [0.5, 0.6) is 0 Å². The summed E-state index contributed by atoms with van der Waals surface area (Å²) in [4.78, 5) is 11.8. The molecule has 1 aliphatic carbocycles. The molecule has 6 nitrogen and oxygen atoms in total. The second-order valence-corrected chi connectivity index (χ2v) is 7.30. The molecule has 2 aromatic heterocycles. The number of hydrogen-bond donors (Lipinski definition) is 0. The lowest BCUT2D eigenvalue weighted by molar-refractivity contribution is 0.0736. The Labute approximate surface area is 141 Å². The van der Waals surface area contributed by atoms with E-state index in [4.69, 9.17) is 4.74 Å². The van der Waals surface area contributed by atoms with E-state index in [1.165, 1.54) is 32.1 Å². The average molecular weight is 328 g/mol. The predicted molar refractivity (Wildman–Crippen MR) is 89.7 cm³/mol. The van der Waals surface area contributed by atoms with E-state index >= 15 is 0 Å². The van der Waals surface area contributed by atoms with E-state index < -0.39 is 0 Å². The summed E-state index contributed by atoms with van der Waals surface area (Å²) in [7, 11) is 0. The van der Waals surface area contributed by atoms with E-state index in [1.54, 1.807) is 22.9 Å². The van der Waals surface area contributed by atoms with Crippen molar-refractivity contribution in [1.29, 1.82) is 0 Å². The molecule has 0 N–H and O–H groups in total. The van der Waals surface area contributed by atoms with Crippen molar-refractivity contribution < 1.29 is 4.74 Å². The fourth-order valence-electron chi connectivity index (χ4n) is 4.14. The van der Waals surface area contributed by atoms with Gasteiger partial charge in [-0.05, 0) is 30.7 Å². The number of ether oxygens (including phenoxy) is 1. The average Bonchev–Trinajstić information content (AvgIpc) is 3.18. The lowest BCUT2D eigenvalue weighted by atomic mass is 9.73. The van der Waals surface area contributed by atoms with E-state index in [0.717, 1.165) is 25.3 Å². The first kappa shape index (κ1) is 15.6. The summed E-state index contributed by atoms with van der Waals surface area (Å²) in [6.07, 6.45) is 11.7. The minimum absolute atomic E-state index is 0.0228. The Hall–Kier alpha value is -1.95. The fraction of sp³-hybridized carbons (Fsp3) is 0.611. The van der Waals surface area contributed by atoms with Crippen LogP contribution in [-0.4, -0.2) is 32.3 Å². The summed E-state index contributed by atoms with van der Waals surface area (Å²) in [5, 5.41) is 8.41. The topological polar surface area (TPSA) is 61.9 Å². The normalized spacial score (nSPS) is 22.9. The minimum atomic E-state index is -0.0228. The van der Waals surface area contributed by atoms with Crippen LogP contribution in [0.25, 0.3) is 0 Å². The quantitative estimate of drug-likeness (QED) is 0.863. The standard InChI is InChI=1S/C18H24N4O2/c23-17-6-2-5-9-21(17)11-15-12-22(20-19-15)13-16-10-18(14-24-16)7-3-1-4-8-18/h2,5-6,9,12,16H,1,3-4,7-8,10-11,13-14H2. The summed E-state index contributed by atoms with van der Waals surface area (Å²) in [6.45, 7) is 2.10. The number of hydrogen-bond acceptors (Lipinski definition) is 4. The third kappa shape index (κ3) is 3.29. The number of rotatable bonds is 4. The van der Waals surface area contributed by atoms with Crippen LogP contribution in [0.1, 0.15) is 44.2 Å². The van der Waals surface area contributed by atoms with Crippen LogP contribution in [0.3, 0.4) is 0 Å². The molecule has 3 heterocycles. The van der Waals surface area contributed by atoms with E-state index in [1.807, 2.05) is 16.9 Å². The second-order valence-electron chi connectivity index (χ2n) is 7.30. The molecule has 1 aliphatic heterocycles. The summed E-state index contributed by atoms with van der Waals surface area (Å²) in [5.74, 6) is 0. The molecule has 1 saturated carbocycles. The highest BCUT2D eigenvalue weighted by Crippen LogP contribution is 2.45. The Bertz CT molecular complexity index is 745. The van der Waals surface area contributed by atoms with E-state index in [-0.39, 0.29) is 11.7 Å². The maximum atomic E-state index is 11.8.